The van der Waals surface area contributed by atoms with Gasteiger partial charge in [-0.1, -0.05) is 29.8 Å². The number of sulfone groups is 1. The fraction of sp³-hybridized carbons (Fsp3) is 0.278. The fourth-order valence-electron chi connectivity index (χ4n) is 3.01. The SMILES string of the molecule is O=C(CNc1ccc(F)cc1Cl)N(c1ccccc1)[C@H]1CCS(=O)(=O)C1. The summed E-state index contributed by atoms with van der Waals surface area (Å²) in [6.45, 7) is -0.0865. The predicted octanol–water partition coefficient (Wildman–Crippen LogP) is 3.11. The van der Waals surface area contributed by atoms with E-state index >= 15 is 0 Å². The summed E-state index contributed by atoms with van der Waals surface area (Å²) in [4.78, 5) is 14.4. The first-order chi connectivity index (χ1) is 12.4. The van der Waals surface area contributed by atoms with E-state index in [0.717, 1.165) is 6.07 Å². The fourth-order valence-corrected chi connectivity index (χ4v) is 4.95. The van der Waals surface area contributed by atoms with Crippen LogP contribution in [0.1, 0.15) is 6.42 Å². The monoisotopic (exact) mass is 396 g/mol. The zero-order chi connectivity index (χ0) is 18.7. The van der Waals surface area contributed by atoms with Gasteiger partial charge in [-0.3, -0.25) is 4.79 Å². The molecule has 0 aromatic heterocycles. The van der Waals surface area contributed by atoms with Crippen molar-refractivity contribution >= 4 is 38.7 Å². The number of halogens is 2. The van der Waals surface area contributed by atoms with Crippen LogP contribution in [0.5, 0.6) is 0 Å². The smallest absolute Gasteiger partial charge is 0.246 e. The number of amides is 1. The average Bonchev–Trinajstić information content (AvgIpc) is 2.95. The second-order valence-corrected chi connectivity index (χ2v) is 8.77. The van der Waals surface area contributed by atoms with Gasteiger partial charge in [-0.25, -0.2) is 12.8 Å². The molecule has 0 unspecified atom stereocenters. The lowest BCUT2D eigenvalue weighted by atomic mass is 10.1. The maximum Gasteiger partial charge on any atom is 0.246 e. The zero-order valence-corrected chi connectivity index (χ0v) is 15.4. The quantitative estimate of drug-likeness (QED) is 0.843. The number of carbonyl (C=O) groups is 1. The molecular weight excluding hydrogens is 379 g/mol. The van der Waals surface area contributed by atoms with Gasteiger partial charge in [0.05, 0.1) is 34.8 Å². The number of para-hydroxylation sites is 1. The molecule has 2 aromatic rings. The van der Waals surface area contributed by atoms with Crippen LogP contribution in [0.2, 0.25) is 5.02 Å². The molecule has 1 saturated heterocycles. The van der Waals surface area contributed by atoms with Crippen LogP contribution in [0, 0.1) is 5.82 Å². The number of rotatable bonds is 5. The predicted molar refractivity (Wildman–Crippen MR) is 101 cm³/mol. The highest BCUT2D eigenvalue weighted by Gasteiger charge is 2.35. The lowest BCUT2D eigenvalue weighted by molar-refractivity contribution is -0.117. The van der Waals surface area contributed by atoms with Crippen LogP contribution in [0.4, 0.5) is 15.8 Å². The number of hydrogen-bond acceptors (Lipinski definition) is 4. The molecule has 1 N–H and O–H groups in total. The topological polar surface area (TPSA) is 66.5 Å². The van der Waals surface area contributed by atoms with Crippen molar-refractivity contribution in [3.63, 3.8) is 0 Å². The Morgan fingerprint density at radius 1 is 1.23 bits per heavy atom. The maximum atomic E-state index is 13.1. The van der Waals surface area contributed by atoms with Crippen LogP contribution < -0.4 is 10.2 Å². The third kappa shape index (κ3) is 4.34. The number of anilines is 2. The largest absolute Gasteiger partial charge is 0.375 e. The highest BCUT2D eigenvalue weighted by atomic mass is 35.5. The van der Waals surface area contributed by atoms with E-state index in [4.69, 9.17) is 11.6 Å². The maximum absolute atomic E-state index is 13.1. The van der Waals surface area contributed by atoms with Crippen molar-refractivity contribution in [3.05, 3.63) is 59.4 Å². The van der Waals surface area contributed by atoms with Gasteiger partial charge in [0.2, 0.25) is 5.91 Å². The van der Waals surface area contributed by atoms with Crippen LogP contribution in [-0.2, 0) is 14.6 Å². The van der Waals surface area contributed by atoms with Gasteiger partial charge in [-0.15, -0.1) is 0 Å². The number of carbonyl (C=O) groups excluding carboxylic acids is 1. The molecule has 1 amide bonds. The molecular formula is C18H18ClFN2O3S. The highest BCUT2D eigenvalue weighted by molar-refractivity contribution is 7.91. The lowest BCUT2D eigenvalue weighted by Gasteiger charge is -2.28. The van der Waals surface area contributed by atoms with Gasteiger partial charge in [0.15, 0.2) is 9.84 Å². The van der Waals surface area contributed by atoms with Crippen LogP contribution in [0.3, 0.4) is 0 Å². The second kappa shape index (κ2) is 7.63. The van der Waals surface area contributed by atoms with Crippen LogP contribution in [0.25, 0.3) is 0 Å². The van der Waals surface area contributed by atoms with Gasteiger partial charge in [0, 0.05) is 5.69 Å². The molecule has 5 nitrogen and oxygen atoms in total. The molecule has 1 aliphatic rings. The van der Waals surface area contributed by atoms with Crippen LogP contribution in [-0.4, -0.2) is 38.4 Å². The van der Waals surface area contributed by atoms with E-state index in [0.29, 0.717) is 17.8 Å². The molecule has 0 saturated carbocycles. The number of benzene rings is 2. The molecule has 8 heteroatoms. The van der Waals surface area contributed by atoms with E-state index in [1.807, 2.05) is 6.07 Å². The first-order valence-electron chi connectivity index (χ1n) is 8.12. The van der Waals surface area contributed by atoms with Crippen molar-refractivity contribution in [3.8, 4) is 0 Å². The van der Waals surface area contributed by atoms with Gasteiger partial charge >= 0.3 is 0 Å². The first-order valence-corrected chi connectivity index (χ1v) is 10.3. The van der Waals surface area contributed by atoms with Gasteiger partial charge in [-0.2, -0.15) is 0 Å². The molecule has 1 heterocycles. The molecule has 3 rings (SSSR count). The van der Waals surface area contributed by atoms with E-state index in [1.54, 1.807) is 24.3 Å². The molecule has 1 atom stereocenters. The van der Waals surface area contributed by atoms with Crippen molar-refractivity contribution in [2.24, 2.45) is 0 Å². The Bertz CT molecular complexity index is 906. The molecule has 26 heavy (non-hydrogen) atoms. The summed E-state index contributed by atoms with van der Waals surface area (Å²) in [6.07, 6.45) is 0.403. The third-order valence-corrected chi connectivity index (χ3v) is 6.30. The Balaban J connectivity index is 1.79. The highest BCUT2D eigenvalue weighted by Crippen LogP contribution is 2.26. The van der Waals surface area contributed by atoms with E-state index in [-0.39, 0.29) is 29.0 Å². The minimum Gasteiger partial charge on any atom is -0.375 e. The number of nitrogens with zero attached hydrogens (tertiary/aromatic N) is 1. The van der Waals surface area contributed by atoms with Crippen molar-refractivity contribution in [2.75, 3.05) is 28.3 Å². The average molecular weight is 397 g/mol. The zero-order valence-electron chi connectivity index (χ0n) is 13.9. The number of nitrogens with one attached hydrogen (secondary N) is 1. The molecule has 138 valence electrons. The summed E-state index contributed by atoms with van der Waals surface area (Å²) in [5.74, 6) is -0.719. The van der Waals surface area contributed by atoms with Gasteiger partial charge < -0.3 is 10.2 Å². The summed E-state index contributed by atoms with van der Waals surface area (Å²) in [5.41, 5.74) is 1.08. The Kier molecular flexibility index (Phi) is 5.48. The molecule has 0 aliphatic carbocycles. The van der Waals surface area contributed by atoms with Gasteiger partial charge in [0.25, 0.3) is 0 Å². The third-order valence-electron chi connectivity index (χ3n) is 4.24. The Hall–Kier alpha value is -2.12. The summed E-state index contributed by atoms with van der Waals surface area (Å²) in [6, 6.07) is 12.4. The van der Waals surface area contributed by atoms with Gasteiger partial charge in [0.1, 0.15) is 5.82 Å². The summed E-state index contributed by atoms with van der Waals surface area (Å²) >= 11 is 5.97. The Morgan fingerprint density at radius 3 is 2.58 bits per heavy atom. The first kappa shape index (κ1) is 18.7. The Labute approximate surface area is 156 Å². The van der Waals surface area contributed by atoms with Crippen molar-refractivity contribution in [1.29, 1.82) is 0 Å². The van der Waals surface area contributed by atoms with Crippen molar-refractivity contribution < 1.29 is 17.6 Å². The van der Waals surface area contributed by atoms with E-state index in [1.165, 1.54) is 17.0 Å². The van der Waals surface area contributed by atoms with Crippen molar-refractivity contribution in [2.45, 2.75) is 12.5 Å². The summed E-state index contributed by atoms with van der Waals surface area (Å²) < 4.78 is 36.8. The minimum atomic E-state index is -3.14. The molecule has 2 aromatic carbocycles. The van der Waals surface area contributed by atoms with Crippen LogP contribution in [0.15, 0.2) is 48.5 Å². The molecule has 0 bridgehead atoms. The van der Waals surface area contributed by atoms with E-state index < -0.39 is 21.7 Å². The minimum absolute atomic E-state index is 0.0507. The van der Waals surface area contributed by atoms with Crippen molar-refractivity contribution in [1.82, 2.24) is 0 Å². The van der Waals surface area contributed by atoms with E-state index in [2.05, 4.69) is 5.32 Å². The molecule has 1 fully saturated rings. The van der Waals surface area contributed by atoms with E-state index in [9.17, 15) is 17.6 Å². The molecule has 0 spiro atoms. The van der Waals surface area contributed by atoms with Crippen LogP contribution >= 0.6 is 11.6 Å². The molecule has 1 aliphatic heterocycles. The standard InChI is InChI=1S/C18H18ClFN2O3S/c19-16-10-13(20)6-7-17(16)21-11-18(23)22(14-4-2-1-3-5-14)15-8-9-26(24,25)12-15/h1-7,10,15,21H,8-9,11-12H2/t15-/m0/s1. The number of hydrogen-bond donors (Lipinski definition) is 1. The molecule has 0 radical (unpaired) electrons. The summed E-state index contributed by atoms with van der Waals surface area (Å²) in [5, 5.41) is 3.07. The normalized spacial score (nSPS) is 18.5. The van der Waals surface area contributed by atoms with Gasteiger partial charge in [-0.05, 0) is 36.8 Å². The lowest BCUT2D eigenvalue weighted by Crippen LogP contribution is -2.44. The second-order valence-electron chi connectivity index (χ2n) is 6.13. The Morgan fingerprint density at radius 2 is 1.96 bits per heavy atom. The summed E-state index contributed by atoms with van der Waals surface area (Å²) in [7, 11) is -3.14.